The van der Waals surface area contributed by atoms with Gasteiger partial charge in [-0.15, -0.1) is 0 Å². The molecule has 150 valence electrons. The molecular formula is C17H31N3O6. The first-order chi connectivity index (χ1) is 12.0. The quantitative estimate of drug-likeness (QED) is 0.375. The molecule has 0 saturated heterocycles. The smallest absolute Gasteiger partial charge is 0.328 e. The summed E-state index contributed by atoms with van der Waals surface area (Å²) >= 11 is 0. The molecule has 0 aliphatic carbocycles. The van der Waals surface area contributed by atoms with Crippen molar-refractivity contribution in [1.82, 2.24) is 16.0 Å². The van der Waals surface area contributed by atoms with Gasteiger partial charge in [0.2, 0.25) is 17.7 Å². The second-order valence-electron chi connectivity index (χ2n) is 6.88. The van der Waals surface area contributed by atoms with E-state index in [0.717, 1.165) is 0 Å². The zero-order valence-corrected chi connectivity index (χ0v) is 16.3. The molecule has 0 heterocycles. The summed E-state index contributed by atoms with van der Waals surface area (Å²) in [6, 6.07) is -2.92. The summed E-state index contributed by atoms with van der Waals surface area (Å²) < 4.78 is 4.69. The highest BCUT2D eigenvalue weighted by Gasteiger charge is 2.31. The van der Waals surface area contributed by atoms with Gasteiger partial charge in [-0.25, -0.2) is 4.79 Å². The SMILES string of the molecule is COC(=O)[C@@H](NC(=O)[C@H](CC(C)C)NC(=O)[C@H](CO)NC(C)=O)C(C)C. The number of nitrogens with one attached hydrogen (secondary N) is 3. The van der Waals surface area contributed by atoms with Gasteiger partial charge in [0.05, 0.1) is 13.7 Å². The van der Waals surface area contributed by atoms with Crippen molar-refractivity contribution in [3.05, 3.63) is 0 Å². The zero-order valence-electron chi connectivity index (χ0n) is 16.3. The summed E-state index contributed by atoms with van der Waals surface area (Å²) in [6.45, 7) is 7.90. The Bertz CT molecular complexity index is 507. The molecule has 0 radical (unpaired) electrons. The summed E-state index contributed by atoms with van der Waals surface area (Å²) in [5, 5.41) is 16.7. The van der Waals surface area contributed by atoms with Crippen molar-refractivity contribution in [2.75, 3.05) is 13.7 Å². The lowest BCUT2D eigenvalue weighted by molar-refractivity contribution is -0.146. The molecule has 0 aromatic rings. The number of esters is 1. The van der Waals surface area contributed by atoms with E-state index in [9.17, 15) is 24.3 Å². The average molecular weight is 373 g/mol. The van der Waals surface area contributed by atoms with Crippen molar-refractivity contribution in [3.8, 4) is 0 Å². The fraction of sp³-hybridized carbons (Fsp3) is 0.765. The number of hydrogen-bond donors (Lipinski definition) is 4. The molecular weight excluding hydrogens is 342 g/mol. The van der Waals surface area contributed by atoms with Crippen LogP contribution in [0.5, 0.6) is 0 Å². The summed E-state index contributed by atoms with van der Waals surface area (Å²) in [5.41, 5.74) is 0. The summed E-state index contributed by atoms with van der Waals surface area (Å²) in [5.74, 6) is -2.39. The van der Waals surface area contributed by atoms with Gasteiger partial charge >= 0.3 is 5.97 Å². The lowest BCUT2D eigenvalue weighted by atomic mass is 10.00. The fourth-order valence-corrected chi connectivity index (χ4v) is 2.29. The zero-order chi connectivity index (χ0) is 20.4. The first-order valence-electron chi connectivity index (χ1n) is 8.59. The molecule has 0 aromatic carbocycles. The fourth-order valence-electron chi connectivity index (χ4n) is 2.29. The molecule has 0 unspecified atom stereocenters. The van der Waals surface area contributed by atoms with Crippen LogP contribution in [-0.2, 0) is 23.9 Å². The van der Waals surface area contributed by atoms with Gasteiger partial charge in [-0.3, -0.25) is 14.4 Å². The molecule has 9 nitrogen and oxygen atoms in total. The van der Waals surface area contributed by atoms with E-state index in [4.69, 9.17) is 4.74 Å². The Morgan fingerprint density at radius 1 is 0.923 bits per heavy atom. The third kappa shape index (κ3) is 8.28. The lowest BCUT2D eigenvalue weighted by Crippen LogP contribution is -2.57. The van der Waals surface area contributed by atoms with Crippen molar-refractivity contribution >= 4 is 23.7 Å². The third-order valence-electron chi connectivity index (χ3n) is 3.64. The number of ether oxygens (including phenoxy) is 1. The maximum absolute atomic E-state index is 12.6. The van der Waals surface area contributed by atoms with E-state index in [1.54, 1.807) is 13.8 Å². The Kier molecular flexibility index (Phi) is 10.5. The maximum Gasteiger partial charge on any atom is 0.328 e. The summed E-state index contributed by atoms with van der Waals surface area (Å²) in [4.78, 5) is 47.8. The predicted molar refractivity (Wildman–Crippen MR) is 94.9 cm³/mol. The summed E-state index contributed by atoms with van der Waals surface area (Å²) in [7, 11) is 1.23. The highest BCUT2D eigenvalue weighted by Crippen LogP contribution is 2.09. The number of aliphatic hydroxyl groups excluding tert-OH is 1. The summed E-state index contributed by atoms with van der Waals surface area (Å²) in [6.07, 6.45) is 0.321. The van der Waals surface area contributed by atoms with Crippen molar-refractivity contribution < 1.29 is 29.0 Å². The van der Waals surface area contributed by atoms with Gasteiger partial charge < -0.3 is 25.8 Å². The molecule has 4 N–H and O–H groups in total. The minimum atomic E-state index is -1.16. The molecule has 9 heteroatoms. The number of rotatable bonds is 10. The van der Waals surface area contributed by atoms with Crippen molar-refractivity contribution in [2.24, 2.45) is 11.8 Å². The number of carbonyl (C=O) groups is 4. The third-order valence-corrected chi connectivity index (χ3v) is 3.64. The van der Waals surface area contributed by atoms with E-state index in [1.165, 1.54) is 14.0 Å². The van der Waals surface area contributed by atoms with Crippen molar-refractivity contribution in [1.29, 1.82) is 0 Å². The Morgan fingerprint density at radius 2 is 1.46 bits per heavy atom. The molecule has 3 atom stereocenters. The number of hydrogen-bond acceptors (Lipinski definition) is 6. The largest absolute Gasteiger partial charge is 0.467 e. The predicted octanol–water partition coefficient (Wildman–Crippen LogP) is -0.672. The molecule has 0 aliphatic heterocycles. The normalized spacial score (nSPS) is 14.3. The second-order valence-corrected chi connectivity index (χ2v) is 6.88. The molecule has 0 saturated carbocycles. The van der Waals surface area contributed by atoms with E-state index < -0.39 is 48.4 Å². The van der Waals surface area contributed by atoms with Gasteiger partial charge in [0.25, 0.3) is 0 Å². The monoisotopic (exact) mass is 373 g/mol. The lowest BCUT2D eigenvalue weighted by Gasteiger charge is -2.26. The molecule has 0 aliphatic rings. The topological polar surface area (TPSA) is 134 Å². The first-order valence-corrected chi connectivity index (χ1v) is 8.59. The Balaban J connectivity index is 5.22. The Morgan fingerprint density at radius 3 is 1.85 bits per heavy atom. The second kappa shape index (κ2) is 11.5. The van der Waals surface area contributed by atoms with Crippen LogP contribution in [0.1, 0.15) is 41.0 Å². The van der Waals surface area contributed by atoms with Gasteiger partial charge in [-0.2, -0.15) is 0 Å². The standard InChI is InChI=1S/C17H31N3O6/c1-9(2)7-12(19-16(24)13(8-21)18-11(5)22)15(23)20-14(10(3)4)17(25)26-6/h9-10,12-14,21H,7-8H2,1-6H3,(H,18,22)(H,19,24)(H,20,23)/t12-,13-,14-/m0/s1. The number of aliphatic hydroxyl groups is 1. The number of amides is 3. The van der Waals surface area contributed by atoms with Crippen LogP contribution in [0.3, 0.4) is 0 Å². The van der Waals surface area contributed by atoms with E-state index in [1.807, 2.05) is 13.8 Å². The molecule has 26 heavy (non-hydrogen) atoms. The minimum Gasteiger partial charge on any atom is -0.467 e. The molecule has 0 bridgehead atoms. The van der Waals surface area contributed by atoms with E-state index in [0.29, 0.717) is 6.42 Å². The Hall–Kier alpha value is -2.16. The molecule has 0 aromatic heterocycles. The minimum absolute atomic E-state index is 0.0787. The highest BCUT2D eigenvalue weighted by atomic mass is 16.5. The average Bonchev–Trinajstić information content (AvgIpc) is 2.54. The van der Waals surface area contributed by atoms with Crippen LogP contribution in [0.2, 0.25) is 0 Å². The van der Waals surface area contributed by atoms with E-state index in [2.05, 4.69) is 16.0 Å². The van der Waals surface area contributed by atoms with E-state index >= 15 is 0 Å². The van der Waals surface area contributed by atoms with Crippen LogP contribution in [-0.4, -0.2) is 60.6 Å². The molecule has 0 fully saturated rings. The van der Waals surface area contributed by atoms with Gasteiger partial charge in [0, 0.05) is 6.92 Å². The molecule has 3 amide bonds. The van der Waals surface area contributed by atoms with Gasteiger partial charge in [0.15, 0.2) is 0 Å². The number of carbonyl (C=O) groups excluding carboxylic acids is 4. The molecule has 0 rings (SSSR count). The van der Waals surface area contributed by atoms with Gasteiger partial charge in [-0.05, 0) is 18.3 Å². The Labute approximate surface area is 154 Å². The highest BCUT2D eigenvalue weighted by molar-refractivity contribution is 5.93. The van der Waals surface area contributed by atoms with Crippen LogP contribution in [0, 0.1) is 11.8 Å². The van der Waals surface area contributed by atoms with Gasteiger partial charge in [-0.1, -0.05) is 27.7 Å². The molecule has 0 spiro atoms. The van der Waals surface area contributed by atoms with Crippen LogP contribution in [0.4, 0.5) is 0 Å². The van der Waals surface area contributed by atoms with Crippen LogP contribution in [0.25, 0.3) is 0 Å². The maximum atomic E-state index is 12.6. The van der Waals surface area contributed by atoms with Crippen LogP contribution in [0.15, 0.2) is 0 Å². The van der Waals surface area contributed by atoms with Gasteiger partial charge in [0.1, 0.15) is 18.1 Å². The number of methoxy groups -OCH3 is 1. The van der Waals surface area contributed by atoms with Crippen molar-refractivity contribution in [2.45, 2.75) is 59.2 Å². The van der Waals surface area contributed by atoms with E-state index in [-0.39, 0.29) is 11.8 Å². The first kappa shape index (κ1) is 23.8. The van der Waals surface area contributed by atoms with Crippen LogP contribution < -0.4 is 16.0 Å². The van der Waals surface area contributed by atoms with Crippen molar-refractivity contribution in [3.63, 3.8) is 0 Å². The van der Waals surface area contributed by atoms with Crippen LogP contribution >= 0.6 is 0 Å².